The SMILES string of the molecule is COc1ccc(N(C(C)c2cccc(C)c2)S(=O)(=O)c2ccc(NC(C)=O)cc2)cc1. The van der Waals surface area contributed by atoms with Crippen molar-refractivity contribution in [2.45, 2.75) is 31.7 Å². The van der Waals surface area contributed by atoms with E-state index >= 15 is 0 Å². The first-order valence-electron chi connectivity index (χ1n) is 9.85. The van der Waals surface area contributed by atoms with E-state index < -0.39 is 16.1 Å². The highest BCUT2D eigenvalue weighted by Crippen LogP contribution is 2.34. The topological polar surface area (TPSA) is 75.7 Å². The standard InChI is InChI=1S/C24H26N2O4S/c1-17-6-5-7-20(16-17)18(2)26(22-10-12-23(30-4)13-11-22)31(28,29)24-14-8-21(9-15-24)25-19(3)27/h5-16,18H,1-4H3,(H,25,27). The molecule has 0 saturated heterocycles. The molecule has 3 aromatic carbocycles. The third-order valence-electron chi connectivity index (χ3n) is 4.93. The molecule has 31 heavy (non-hydrogen) atoms. The highest BCUT2D eigenvalue weighted by atomic mass is 32.2. The van der Waals surface area contributed by atoms with Crippen molar-refractivity contribution in [2.75, 3.05) is 16.7 Å². The summed E-state index contributed by atoms with van der Waals surface area (Å²) >= 11 is 0. The maximum absolute atomic E-state index is 13.7. The Morgan fingerprint density at radius 1 is 1.00 bits per heavy atom. The second-order valence-corrected chi connectivity index (χ2v) is 9.11. The molecule has 0 spiro atoms. The minimum Gasteiger partial charge on any atom is -0.497 e. The molecule has 1 unspecified atom stereocenters. The molecule has 0 bridgehead atoms. The number of carbonyl (C=O) groups excluding carboxylic acids is 1. The van der Waals surface area contributed by atoms with E-state index in [2.05, 4.69) is 5.32 Å². The summed E-state index contributed by atoms with van der Waals surface area (Å²) in [7, 11) is -2.33. The molecule has 1 N–H and O–H groups in total. The normalized spacial score (nSPS) is 12.1. The van der Waals surface area contributed by atoms with Crippen LogP contribution in [0.2, 0.25) is 0 Å². The van der Waals surface area contributed by atoms with Gasteiger partial charge in [-0.05, 0) is 67.9 Å². The summed E-state index contributed by atoms with van der Waals surface area (Å²) in [5.41, 5.74) is 3.00. The Hall–Kier alpha value is -3.32. The average molecular weight is 439 g/mol. The lowest BCUT2D eigenvalue weighted by Gasteiger charge is -2.31. The average Bonchev–Trinajstić information content (AvgIpc) is 2.74. The van der Waals surface area contributed by atoms with Crippen molar-refractivity contribution in [3.05, 3.63) is 83.9 Å². The van der Waals surface area contributed by atoms with Gasteiger partial charge in [0.15, 0.2) is 0 Å². The smallest absolute Gasteiger partial charge is 0.264 e. The Morgan fingerprint density at radius 2 is 1.65 bits per heavy atom. The van der Waals surface area contributed by atoms with Crippen LogP contribution in [-0.2, 0) is 14.8 Å². The fraction of sp³-hybridized carbons (Fsp3) is 0.208. The highest BCUT2D eigenvalue weighted by Gasteiger charge is 2.30. The first-order chi connectivity index (χ1) is 14.7. The number of sulfonamides is 1. The van der Waals surface area contributed by atoms with E-state index in [1.54, 1.807) is 43.5 Å². The van der Waals surface area contributed by atoms with Crippen molar-refractivity contribution < 1.29 is 17.9 Å². The van der Waals surface area contributed by atoms with Gasteiger partial charge in [0.25, 0.3) is 10.0 Å². The number of anilines is 2. The minimum atomic E-state index is -3.90. The number of methoxy groups -OCH3 is 1. The maximum Gasteiger partial charge on any atom is 0.264 e. The van der Waals surface area contributed by atoms with E-state index in [4.69, 9.17) is 4.74 Å². The number of nitrogens with one attached hydrogen (secondary N) is 1. The van der Waals surface area contributed by atoms with Crippen LogP contribution < -0.4 is 14.4 Å². The fourth-order valence-electron chi connectivity index (χ4n) is 3.39. The molecule has 162 valence electrons. The van der Waals surface area contributed by atoms with Gasteiger partial charge in [0.1, 0.15) is 5.75 Å². The molecule has 7 heteroatoms. The Kier molecular flexibility index (Phi) is 6.65. The van der Waals surface area contributed by atoms with Gasteiger partial charge in [-0.3, -0.25) is 9.10 Å². The van der Waals surface area contributed by atoms with Crippen LogP contribution in [0.4, 0.5) is 11.4 Å². The number of amides is 1. The summed E-state index contributed by atoms with van der Waals surface area (Å²) in [5, 5.41) is 2.65. The fourth-order valence-corrected chi connectivity index (χ4v) is 5.04. The van der Waals surface area contributed by atoms with Crippen molar-refractivity contribution in [1.29, 1.82) is 0 Å². The summed E-state index contributed by atoms with van der Waals surface area (Å²) in [4.78, 5) is 11.4. The molecule has 6 nitrogen and oxygen atoms in total. The van der Waals surface area contributed by atoms with Gasteiger partial charge in [-0.1, -0.05) is 29.8 Å². The van der Waals surface area contributed by atoms with Crippen LogP contribution in [-0.4, -0.2) is 21.4 Å². The van der Waals surface area contributed by atoms with E-state index in [9.17, 15) is 13.2 Å². The van der Waals surface area contributed by atoms with Crippen molar-refractivity contribution >= 4 is 27.3 Å². The predicted molar refractivity (Wildman–Crippen MR) is 123 cm³/mol. The first-order valence-corrected chi connectivity index (χ1v) is 11.3. The summed E-state index contributed by atoms with van der Waals surface area (Å²) in [6.07, 6.45) is 0. The Bertz CT molecular complexity index is 1160. The Labute approximate surface area is 183 Å². The molecule has 0 heterocycles. The van der Waals surface area contributed by atoms with E-state index in [0.29, 0.717) is 17.1 Å². The summed E-state index contributed by atoms with van der Waals surface area (Å²) < 4.78 is 34.1. The number of hydrogen-bond acceptors (Lipinski definition) is 4. The molecule has 3 aromatic rings. The lowest BCUT2D eigenvalue weighted by Crippen LogP contribution is -2.33. The molecular weight excluding hydrogens is 412 g/mol. The van der Waals surface area contributed by atoms with Crippen molar-refractivity contribution in [3.8, 4) is 5.75 Å². The molecule has 0 aliphatic carbocycles. The Morgan fingerprint density at radius 3 is 2.19 bits per heavy atom. The number of aryl methyl sites for hydroxylation is 1. The van der Waals surface area contributed by atoms with Gasteiger partial charge >= 0.3 is 0 Å². The maximum atomic E-state index is 13.7. The number of rotatable bonds is 7. The quantitative estimate of drug-likeness (QED) is 0.568. The molecule has 3 rings (SSSR count). The van der Waals surface area contributed by atoms with Gasteiger partial charge in [-0.2, -0.15) is 0 Å². The minimum absolute atomic E-state index is 0.136. The third kappa shape index (κ3) is 5.06. The van der Waals surface area contributed by atoms with Gasteiger partial charge in [0.05, 0.1) is 23.7 Å². The van der Waals surface area contributed by atoms with Crippen LogP contribution in [0.5, 0.6) is 5.75 Å². The number of benzene rings is 3. The van der Waals surface area contributed by atoms with Crippen molar-refractivity contribution in [2.24, 2.45) is 0 Å². The number of nitrogens with zero attached hydrogens (tertiary/aromatic N) is 1. The summed E-state index contributed by atoms with van der Waals surface area (Å²) in [6.45, 7) is 5.24. The third-order valence-corrected chi connectivity index (χ3v) is 6.85. The van der Waals surface area contributed by atoms with Gasteiger partial charge in [0, 0.05) is 12.6 Å². The zero-order valence-corrected chi connectivity index (χ0v) is 18.8. The van der Waals surface area contributed by atoms with E-state index in [-0.39, 0.29) is 10.8 Å². The summed E-state index contributed by atoms with van der Waals surface area (Å²) in [6, 6.07) is 20.4. The monoisotopic (exact) mass is 438 g/mol. The van der Waals surface area contributed by atoms with Crippen molar-refractivity contribution in [3.63, 3.8) is 0 Å². The lowest BCUT2D eigenvalue weighted by molar-refractivity contribution is -0.114. The van der Waals surface area contributed by atoms with Crippen LogP contribution in [0.1, 0.15) is 31.0 Å². The molecule has 1 atom stereocenters. The molecule has 0 fully saturated rings. The first kappa shape index (κ1) is 22.4. The van der Waals surface area contributed by atoms with Crippen molar-refractivity contribution in [1.82, 2.24) is 0 Å². The second-order valence-electron chi connectivity index (χ2n) is 7.29. The predicted octanol–water partition coefficient (Wildman–Crippen LogP) is 4.92. The molecule has 0 radical (unpaired) electrons. The van der Waals surface area contributed by atoms with Crippen LogP contribution in [0, 0.1) is 6.92 Å². The molecule has 0 aliphatic rings. The van der Waals surface area contributed by atoms with Gasteiger partial charge < -0.3 is 10.1 Å². The zero-order chi connectivity index (χ0) is 22.6. The van der Waals surface area contributed by atoms with E-state index in [1.165, 1.54) is 23.4 Å². The second kappa shape index (κ2) is 9.22. The molecule has 0 aromatic heterocycles. The van der Waals surface area contributed by atoms with Gasteiger partial charge in [0.2, 0.25) is 5.91 Å². The molecule has 0 aliphatic heterocycles. The lowest BCUT2D eigenvalue weighted by atomic mass is 10.1. The van der Waals surface area contributed by atoms with E-state index in [1.807, 2.05) is 38.1 Å². The number of hydrogen-bond donors (Lipinski definition) is 1. The highest BCUT2D eigenvalue weighted by molar-refractivity contribution is 7.92. The van der Waals surface area contributed by atoms with E-state index in [0.717, 1.165) is 11.1 Å². The van der Waals surface area contributed by atoms with Crippen LogP contribution >= 0.6 is 0 Å². The zero-order valence-electron chi connectivity index (χ0n) is 18.0. The van der Waals surface area contributed by atoms with Crippen LogP contribution in [0.3, 0.4) is 0 Å². The van der Waals surface area contributed by atoms with Crippen LogP contribution in [0.25, 0.3) is 0 Å². The van der Waals surface area contributed by atoms with Gasteiger partial charge in [-0.15, -0.1) is 0 Å². The number of carbonyl (C=O) groups is 1. The summed E-state index contributed by atoms with van der Waals surface area (Å²) in [5.74, 6) is 0.424. The molecule has 1 amide bonds. The largest absolute Gasteiger partial charge is 0.497 e. The molecule has 0 saturated carbocycles. The number of ether oxygens (including phenoxy) is 1. The van der Waals surface area contributed by atoms with Crippen LogP contribution in [0.15, 0.2) is 77.7 Å². The van der Waals surface area contributed by atoms with Gasteiger partial charge in [-0.25, -0.2) is 8.42 Å². The molecular formula is C24H26N2O4S. The Balaban J connectivity index is 2.08.